The predicted molar refractivity (Wildman–Crippen MR) is 149 cm³/mol. The number of hydrogen-bond acceptors (Lipinski definition) is 8. The third-order valence-electron chi connectivity index (χ3n) is 6.90. The van der Waals surface area contributed by atoms with E-state index in [1.165, 1.54) is 13.2 Å². The standard InChI is InChI=1S/C27H31ClFN4O6P/c1-36-25(34)9-8-24-27(39-40(35,32-10-14-37-15-11-32)33-12-16-38-17-13-33)31-23-7-6-19(28)18-21(23)26(30-24)20-4-2-3-5-22(20)29/h2-7,18,24H,8-17H2,1H3/t24-/m0/s1. The Labute approximate surface area is 237 Å². The maximum atomic E-state index is 15.1. The van der Waals surface area contributed by atoms with E-state index in [-0.39, 0.29) is 24.3 Å². The van der Waals surface area contributed by atoms with Crippen LogP contribution in [0, 0.1) is 5.82 Å². The number of nitrogens with zero attached hydrogens (tertiary/aromatic N) is 4. The fourth-order valence-corrected chi connectivity index (χ4v) is 7.30. The maximum Gasteiger partial charge on any atom is 0.397 e. The molecule has 3 aliphatic heterocycles. The van der Waals surface area contributed by atoms with Crippen LogP contribution in [-0.2, 0) is 28.1 Å². The van der Waals surface area contributed by atoms with Crippen LogP contribution in [0.25, 0.3) is 0 Å². The number of esters is 1. The van der Waals surface area contributed by atoms with Crippen LogP contribution in [0.2, 0.25) is 5.02 Å². The smallest absolute Gasteiger partial charge is 0.397 e. The van der Waals surface area contributed by atoms with Gasteiger partial charge in [-0.25, -0.2) is 23.3 Å². The highest BCUT2D eigenvalue weighted by molar-refractivity contribution is 7.54. The van der Waals surface area contributed by atoms with Crippen molar-refractivity contribution in [2.75, 3.05) is 59.7 Å². The van der Waals surface area contributed by atoms with Crippen molar-refractivity contribution < 1.29 is 32.5 Å². The number of benzene rings is 2. The van der Waals surface area contributed by atoms with E-state index in [1.54, 1.807) is 45.7 Å². The predicted octanol–water partition coefficient (Wildman–Crippen LogP) is 4.47. The zero-order chi connectivity index (χ0) is 28.1. The Morgan fingerprint density at radius 1 is 1.05 bits per heavy atom. The maximum absolute atomic E-state index is 15.1. The van der Waals surface area contributed by atoms with Gasteiger partial charge in [-0.05, 0) is 36.8 Å². The van der Waals surface area contributed by atoms with Gasteiger partial charge in [0.05, 0.1) is 44.9 Å². The van der Waals surface area contributed by atoms with Gasteiger partial charge in [-0.15, -0.1) is 0 Å². The topological polar surface area (TPSA) is 102 Å². The highest BCUT2D eigenvalue weighted by atomic mass is 35.5. The van der Waals surface area contributed by atoms with Crippen molar-refractivity contribution in [1.29, 1.82) is 0 Å². The molecule has 3 heterocycles. The van der Waals surface area contributed by atoms with Crippen LogP contribution < -0.4 is 0 Å². The average molecular weight is 593 g/mol. The van der Waals surface area contributed by atoms with E-state index < -0.39 is 25.5 Å². The molecule has 1 atom stereocenters. The molecule has 0 saturated carbocycles. The molecule has 13 heteroatoms. The molecule has 0 bridgehead atoms. The van der Waals surface area contributed by atoms with Crippen molar-refractivity contribution in [3.63, 3.8) is 0 Å². The van der Waals surface area contributed by atoms with E-state index in [0.29, 0.717) is 74.6 Å². The highest BCUT2D eigenvalue weighted by Gasteiger charge is 2.44. The van der Waals surface area contributed by atoms with E-state index in [0.717, 1.165) is 0 Å². The van der Waals surface area contributed by atoms with Gasteiger partial charge in [0.2, 0.25) is 5.90 Å². The molecule has 40 heavy (non-hydrogen) atoms. The number of hydrogen-bond donors (Lipinski definition) is 0. The number of ether oxygens (including phenoxy) is 3. The molecular weight excluding hydrogens is 562 g/mol. The third-order valence-corrected chi connectivity index (χ3v) is 9.78. The summed E-state index contributed by atoms with van der Waals surface area (Å²) in [4.78, 5) is 21.9. The minimum Gasteiger partial charge on any atom is -0.469 e. The van der Waals surface area contributed by atoms with Crippen molar-refractivity contribution in [3.8, 4) is 0 Å². The Bertz CT molecular complexity index is 1320. The normalized spacial score (nSPS) is 20.6. The Morgan fingerprint density at radius 3 is 2.33 bits per heavy atom. The highest BCUT2D eigenvalue weighted by Crippen LogP contribution is 2.55. The second kappa shape index (κ2) is 12.9. The SMILES string of the molecule is COC(=O)CC[C@@H]1N=C(c2ccccc2F)c2cc(Cl)ccc2N=C1OP(=O)(N1CCOCC1)N1CCOCC1. The summed E-state index contributed by atoms with van der Waals surface area (Å²) in [5.41, 5.74) is 1.47. The molecule has 0 amide bonds. The molecular formula is C27H31ClFN4O6P. The number of carbonyl (C=O) groups is 1. The van der Waals surface area contributed by atoms with E-state index in [9.17, 15) is 9.36 Å². The lowest BCUT2D eigenvalue weighted by Crippen LogP contribution is -2.44. The first-order valence-corrected chi connectivity index (χ1v) is 15.0. The van der Waals surface area contributed by atoms with Gasteiger partial charge in [-0.1, -0.05) is 23.7 Å². The van der Waals surface area contributed by atoms with E-state index >= 15 is 4.39 Å². The van der Waals surface area contributed by atoms with Gasteiger partial charge in [-0.3, -0.25) is 9.79 Å². The van der Waals surface area contributed by atoms with Crippen molar-refractivity contribution in [2.45, 2.75) is 18.9 Å². The fraction of sp³-hybridized carbons (Fsp3) is 0.444. The Morgan fingerprint density at radius 2 is 1.70 bits per heavy atom. The molecule has 2 saturated heterocycles. The van der Waals surface area contributed by atoms with Gasteiger partial charge in [0.1, 0.15) is 11.9 Å². The van der Waals surface area contributed by atoms with E-state index in [2.05, 4.69) is 0 Å². The number of rotatable bonds is 7. The van der Waals surface area contributed by atoms with Crippen LogP contribution >= 0.6 is 19.3 Å². The number of fused-ring (bicyclic) bond motifs is 1. The minimum atomic E-state index is -3.68. The summed E-state index contributed by atoms with van der Waals surface area (Å²) in [5.74, 6) is -0.855. The summed E-state index contributed by atoms with van der Waals surface area (Å²) in [5, 5.41) is 0.417. The van der Waals surface area contributed by atoms with E-state index in [1.807, 2.05) is 0 Å². The van der Waals surface area contributed by atoms with Crippen LogP contribution in [0.1, 0.15) is 24.0 Å². The van der Waals surface area contributed by atoms with Crippen LogP contribution in [0.3, 0.4) is 0 Å². The summed E-state index contributed by atoms with van der Waals surface area (Å²) in [6, 6.07) is 10.4. The lowest BCUT2D eigenvalue weighted by atomic mass is 10.00. The van der Waals surface area contributed by atoms with Crippen LogP contribution in [0.5, 0.6) is 0 Å². The first kappa shape index (κ1) is 28.9. The lowest BCUT2D eigenvalue weighted by molar-refractivity contribution is -0.140. The molecule has 10 nitrogen and oxygen atoms in total. The monoisotopic (exact) mass is 592 g/mol. The van der Waals surface area contributed by atoms with Crippen LogP contribution in [0.4, 0.5) is 10.1 Å². The molecule has 0 N–H and O–H groups in total. The quantitative estimate of drug-likeness (QED) is 0.343. The van der Waals surface area contributed by atoms with Gasteiger partial charge in [-0.2, -0.15) is 0 Å². The molecule has 0 unspecified atom stereocenters. The number of methoxy groups -OCH3 is 1. The molecule has 5 rings (SSSR count). The average Bonchev–Trinajstić information content (AvgIpc) is 3.13. The molecule has 2 aromatic carbocycles. The molecule has 0 spiro atoms. The van der Waals surface area contributed by atoms with Gasteiger partial charge >= 0.3 is 13.6 Å². The van der Waals surface area contributed by atoms with Crippen molar-refractivity contribution in [2.24, 2.45) is 9.98 Å². The number of halogens is 2. The van der Waals surface area contributed by atoms with Gasteiger partial charge in [0.25, 0.3) is 0 Å². The molecule has 2 fully saturated rings. The summed E-state index contributed by atoms with van der Waals surface area (Å²) >= 11 is 6.36. The van der Waals surface area contributed by atoms with Crippen molar-refractivity contribution in [1.82, 2.24) is 9.34 Å². The fourth-order valence-electron chi connectivity index (χ4n) is 4.79. The van der Waals surface area contributed by atoms with Crippen molar-refractivity contribution >= 4 is 42.5 Å². The lowest BCUT2D eigenvalue weighted by Gasteiger charge is -2.41. The molecule has 0 aliphatic carbocycles. The summed E-state index contributed by atoms with van der Waals surface area (Å²) < 4.78 is 55.9. The minimum absolute atomic E-state index is 0.00584. The third kappa shape index (κ3) is 6.30. The molecule has 3 aliphatic rings. The van der Waals surface area contributed by atoms with Gasteiger partial charge < -0.3 is 18.7 Å². The van der Waals surface area contributed by atoms with E-state index in [4.69, 9.17) is 40.3 Å². The largest absolute Gasteiger partial charge is 0.469 e. The Kier molecular flexibility index (Phi) is 9.30. The van der Waals surface area contributed by atoms with Gasteiger partial charge in [0, 0.05) is 48.7 Å². The zero-order valence-electron chi connectivity index (χ0n) is 22.1. The summed E-state index contributed by atoms with van der Waals surface area (Å²) in [6.45, 7) is 3.27. The molecule has 0 aromatic heterocycles. The van der Waals surface area contributed by atoms with Gasteiger partial charge in [0.15, 0.2) is 0 Å². The molecule has 0 radical (unpaired) electrons. The second-order valence-electron chi connectivity index (χ2n) is 9.41. The molecule has 214 valence electrons. The number of carbonyl (C=O) groups excluding carboxylic acids is 1. The summed E-state index contributed by atoms with van der Waals surface area (Å²) in [6.07, 6.45) is 0.130. The first-order valence-electron chi connectivity index (χ1n) is 13.1. The number of aliphatic imine (C=N–C) groups is 2. The first-order chi connectivity index (χ1) is 19.4. The van der Waals surface area contributed by atoms with Crippen LogP contribution in [0.15, 0.2) is 52.4 Å². The second-order valence-corrected chi connectivity index (χ2v) is 12.1. The Hall–Kier alpha value is -2.66. The van der Waals surface area contributed by atoms with Crippen molar-refractivity contribution in [3.05, 3.63) is 64.4 Å². The zero-order valence-corrected chi connectivity index (χ0v) is 23.8. The summed E-state index contributed by atoms with van der Waals surface area (Å²) in [7, 11) is -2.38. The number of morpholine rings is 2. The molecule has 2 aromatic rings. The Balaban J connectivity index is 1.63. The van der Waals surface area contributed by atoms with Crippen LogP contribution in [-0.4, -0.2) is 92.7 Å².